The van der Waals surface area contributed by atoms with Crippen LogP contribution in [0.3, 0.4) is 0 Å². The number of ether oxygens (including phenoxy) is 1. The number of pyridine rings is 1. The summed E-state index contributed by atoms with van der Waals surface area (Å²) < 4.78 is 5.86. The lowest BCUT2D eigenvalue weighted by Crippen LogP contribution is -2.37. The van der Waals surface area contributed by atoms with Gasteiger partial charge in [-0.15, -0.1) is 0 Å². The highest BCUT2D eigenvalue weighted by Crippen LogP contribution is 2.26. The van der Waals surface area contributed by atoms with Gasteiger partial charge in [-0.1, -0.05) is 48.0 Å². The summed E-state index contributed by atoms with van der Waals surface area (Å²) in [5, 5.41) is 3.04. The molecule has 0 radical (unpaired) electrons. The smallest absolute Gasteiger partial charge is 0.312 e. The maximum absolute atomic E-state index is 12.8. The summed E-state index contributed by atoms with van der Waals surface area (Å²) in [6.45, 7) is 0.365. The molecule has 0 unspecified atom stereocenters. The lowest BCUT2D eigenvalue weighted by molar-refractivity contribution is -0.130. The number of carbonyl (C=O) groups is 2. The minimum Gasteiger partial charge on any atom is -0.457 e. The summed E-state index contributed by atoms with van der Waals surface area (Å²) in [7, 11) is 1.69. The first kappa shape index (κ1) is 22.1. The first-order valence-electron chi connectivity index (χ1n) is 9.64. The number of hydrogen-bond donors (Lipinski definition) is 2. The van der Waals surface area contributed by atoms with Crippen molar-refractivity contribution in [3.05, 3.63) is 89.2 Å². The summed E-state index contributed by atoms with van der Waals surface area (Å²) >= 11 is 5.81. The van der Waals surface area contributed by atoms with Crippen LogP contribution in [0.2, 0.25) is 5.15 Å². The number of primary amides is 1. The number of hydrogen-bond acceptors (Lipinski definition) is 4. The van der Waals surface area contributed by atoms with Crippen molar-refractivity contribution in [2.45, 2.75) is 19.0 Å². The number of nitrogens with one attached hydrogen (secondary N) is 1. The standard InChI is InChI=1S/C23H23ClN4O3/c1-28(15-16-10-11-21(24)26-14-16)22(29)13-20(27-23(25)30)17-6-5-9-19(12-17)31-18-7-3-2-4-8-18/h2-12,14,20H,13,15H2,1H3,(H3,25,27,30)/t20-/m0/s1. The van der Waals surface area contributed by atoms with Gasteiger partial charge in [-0.3, -0.25) is 4.79 Å². The van der Waals surface area contributed by atoms with Crippen LogP contribution in [0, 0.1) is 0 Å². The Balaban J connectivity index is 1.72. The summed E-state index contributed by atoms with van der Waals surface area (Å²) in [5.41, 5.74) is 6.91. The maximum atomic E-state index is 12.8. The Labute approximate surface area is 185 Å². The van der Waals surface area contributed by atoms with Gasteiger partial charge in [0.05, 0.1) is 12.5 Å². The number of urea groups is 1. The van der Waals surface area contributed by atoms with E-state index in [1.54, 1.807) is 42.4 Å². The topological polar surface area (TPSA) is 97.5 Å². The number of para-hydroxylation sites is 1. The van der Waals surface area contributed by atoms with Gasteiger partial charge in [0.15, 0.2) is 0 Å². The van der Waals surface area contributed by atoms with Gasteiger partial charge in [0, 0.05) is 19.8 Å². The molecule has 0 aliphatic rings. The lowest BCUT2D eigenvalue weighted by Gasteiger charge is -2.23. The van der Waals surface area contributed by atoms with Crippen molar-refractivity contribution in [1.29, 1.82) is 0 Å². The van der Waals surface area contributed by atoms with Crippen molar-refractivity contribution in [2.24, 2.45) is 5.73 Å². The quantitative estimate of drug-likeness (QED) is 0.513. The summed E-state index contributed by atoms with van der Waals surface area (Å²) in [6, 6.07) is 18.7. The molecule has 0 fully saturated rings. The molecule has 0 saturated carbocycles. The van der Waals surface area contributed by atoms with Crippen LogP contribution in [0.4, 0.5) is 4.79 Å². The van der Waals surface area contributed by atoms with E-state index in [1.165, 1.54) is 0 Å². The number of halogens is 1. The molecule has 3 amide bonds. The van der Waals surface area contributed by atoms with Crippen LogP contribution >= 0.6 is 11.6 Å². The molecule has 0 aliphatic carbocycles. The highest BCUT2D eigenvalue weighted by atomic mass is 35.5. The second kappa shape index (κ2) is 10.4. The van der Waals surface area contributed by atoms with E-state index >= 15 is 0 Å². The second-order valence-corrected chi connectivity index (χ2v) is 7.38. The number of carbonyl (C=O) groups excluding carboxylic acids is 2. The number of nitrogens with two attached hydrogens (primary N) is 1. The molecule has 1 atom stereocenters. The summed E-state index contributed by atoms with van der Waals surface area (Å²) in [5.74, 6) is 1.11. The number of benzene rings is 2. The predicted octanol–water partition coefficient (Wildman–Crippen LogP) is 4.29. The van der Waals surface area contributed by atoms with Crippen LogP contribution < -0.4 is 15.8 Å². The van der Waals surface area contributed by atoms with Gasteiger partial charge in [0.1, 0.15) is 16.7 Å². The zero-order valence-corrected chi connectivity index (χ0v) is 17.8. The fourth-order valence-corrected chi connectivity index (χ4v) is 3.15. The van der Waals surface area contributed by atoms with E-state index in [0.717, 1.165) is 5.56 Å². The Bertz CT molecular complexity index is 1030. The SMILES string of the molecule is CN(Cc1ccc(Cl)nc1)C(=O)C[C@H](NC(N)=O)c1cccc(Oc2ccccc2)c1. The van der Waals surface area contributed by atoms with Gasteiger partial charge in [0.25, 0.3) is 0 Å². The van der Waals surface area contributed by atoms with E-state index in [4.69, 9.17) is 22.1 Å². The van der Waals surface area contributed by atoms with Crippen molar-refractivity contribution < 1.29 is 14.3 Å². The van der Waals surface area contributed by atoms with Crippen molar-refractivity contribution >= 4 is 23.5 Å². The predicted molar refractivity (Wildman–Crippen MR) is 119 cm³/mol. The van der Waals surface area contributed by atoms with E-state index < -0.39 is 12.1 Å². The van der Waals surface area contributed by atoms with Crippen molar-refractivity contribution in [3.63, 3.8) is 0 Å². The minimum atomic E-state index is -0.711. The summed E-state index contributed by atoms with van der Waals surface area (Å²) in [6.07, 6.45) is 1.66. The van der Waals surface area contributed by atoms with E-state index in [-0.39, 0.29) is 12.3 Å². The maximum Gasteiger partial charge on any atom is 0.312 e. The average molecular weight is 439 g/mol. The number of amides is 3. The first-order chi connectivity index (χ1) is 14.9. The molecule has 2 aromatic carbocycles. The van der Waals surface area contributed by atoms with Gasteiger partial charge in [-0.2, -0.15) is 0 Å². The fraction of sp³-hybridized carbons (Fsp3) is 0.174. The molecular formula is C23H23ClN4O3. The monoisotopic (exact) mass is 438 g/mol. The molecule has 0 aliphatic heterocycles. The van der Waals surface area contributed by atoms with E-state index in [9.17, 15) is 9.59 Å². The van der Waals surface area contributed by atoms with Gasteiger partial charge in [0.2, 0.25) is 5.91 Å². The number of nitrogens with zero attached hydrogens (tertiary/aromatic N) is 2. The minimum absolute atomic E-state index is 0.0370. The molecule has 3 N–H and O–H groups in total. The first-order valence-corrected chi connectivity index (χ1v) is 10.0. The van der Waals surface area contributed by atoms with Crippen LogP contribution in [-0.2, 0) is 11.3 Å². The molecule has 0 spiro atoms. The zero-order valence-electron chi connectivity index (χ0n) is 17.0. The average Bonchev–Trinajstić information content (AvgIpc) is 2.75. The van der Waals surface area contributed by atoms with Gasteiger partial charge >= 0.3 is 6.03 Å². The van der Waals surface area contributed by atoms with Crippen molar-refractivity contribution in [2.75, 3.05) is 7.05 Å². The highest BCUT2D eigenvalue weighted by Gasteiger charge is 2.21. The molecule has 0 bridgehead atoms. The van der Waals surface area contributed by atoms with Crippen LogP contribution in [-0.4, -0.2) is 28.9 Å². The number of aromatic nitrogens is 1. The Morgan fingerprint density at radius 2 is 1.84 bits per heavy atom. The van der Waals surface area contributed by atoms with Crippen LogP contribution in [0.25, 0.3) is 0 Å². The van der Waals surface area contributed by atoms with Gasteiger partial charge in [-0.25, -0.2) is 9.78 Å². The molecule has 3 rings (SSSR count). The van der Waals surface area contributed by atoms with Crippen molar-refractivity contribution in [3.8, 4) is 11.5 Å². The Hall–Kier alpha value is -3.58. The van der Waals surface area contributed by atoms with Crippen molar-refractivity contribution in [1.82, 2.24) is 15.2 Å². The molecule has 3 aromatic rings. The van der Waals surface area contributed by atoms with Gasteiger partial charge < -0.3 is 20.7 Å². The van der Waals surface area contributed by atoms with Crippen LogP contribution in [0.5, 0.6) is 11.5 Å². The Morgan fingerprint density at radius 1 is 1.10 bits per heavy atom. The molecule has 8 heteroatoms. The second-order valence-electron chi connectivity index (χ2n) is 6.99. The van der Waals surface area contributed by atoms with Gasteiger partial charge in [-0.05, 0) is 41.5 Å². The summed E-state index contributed by atoms with van der Waals surface area (Å²) in [4.78, 5) is 30.0. The number of rotatable bonds is 8. The Kier molecular flexibility index (Phi) is 7.45. The molecule has 1 aromatic heterocycles. The molecule has 31 heavy (non-hydrogen) atoms. The third kappa shape index (κ3) is 6.72. The van der Waals surface area contributed by atoms with Crippen LogP contribution in [0.15, 0.2) is 72.9 Å². The third-order valence-corrected chi connectivity index (χ3v) is 4.79. The molecular weight excluding hydrogens is 416 g/mol. The Morgan fingerprint density at radius 3 is 2.52 bits per heavy atom. The molecule has 160 valence electrons. The zero-order chi connectivity index (χ0) is 22.2. The van der Waals surface area contributed by atoms with E-state index in [2.05, 4.69) is 10.3 Å². The van der Waals surface area contributed by atoms with Crippen LogP contribution in [0.1, 0.15) is 23.6 Å². The molecule has 0 saturated heterocycles. The largest absolute Gasteiger partial charge is 0.457 e. The van der Waals surface area contributed by atoms with E-state index in [1.807, 2.05) is 42.5 Å². The lowest BCUT2D eigenvalue weighted by atomic mass is 10.0. The fourth-order valence-electron chi connectivity index (χ4n) is 3.04. The van der Waals surface area contributed by atoms with E-state index in [0.29, 0.717) is 28.8 Å². The molecule has 1 heterocycles. The normalized spacial score (nSPS) is 11.4. The molecule has 7 nitrogen and oxygen atoms in total. The third-order valence-electron chi connectivity index (χ3n) is 4.57. The highest BCUT2D eigenvalue weighted by molar-refractivity contribution is 6.29.